The van der Waals surface area contributed by atoms with Crippen molar-refractivity contribution in [2.75, 3.05) is 13.1 Å². The van der Waals surface area contributed by atoms with E-state index in [-0.39, 0.29) is 10.9 Å². The van der Waals surface area contributed by atoms with Crippen LogP contribution in [0.3, 0.4) is 0 Å². The number of furan rings is 1. The standard InChI is InChI=1S/C14H23BrN2O3S/c1-3-11-7-5-6-8-17(11)21(18,19)13-9-12(10-16-4-2)20-14(13)15/h9,11,16H,3-8,10H2,1-2H3. The molecular formula is C14H23BrN2O3S. The summed E-state index contributed by atoms with van der Waals surface area (Å²) in [6.45, 7) is 5.97. The number of hydrogen-bond acceptors (Lipinski definition) is 4. The fraction of sp³-hybridized carbons (Fsp3) is 0.714. The van der Waals surface area contributed by atoms with Gasteiger partial charge in [0.2, 0.25) is 10.0 Å². The van der Waals surface area contributed by atoms with Crippen molar-refractivity contribution in [2.45, 2.75) is 57.0 Å². The molecule has 0 bridgehead atoms. The van der Waals surface area contributed by atoms with Crippen molar-refractivity contribution in [3.05, 3.63) is 16.5 Å². The first kappa shape index (κ1) is 17.0. The van der Waals surface area contributed by atoms with E-state index in [2.05, 4.69) is 21.2 Å². The normalized spacial score (nSPS) is 20.8. The van der Waals surface area contributed by atoms with E-state index in [1.165, 1.54) is 0 Å². The molecule has 120 valence electrons. The fourth-order valence-electron chi connectivity index (χ4n) is 2.73. The van der Waals surface area contributed by atoms with Crippen LogP contribution in [-0.2, 0) is 16.6 Å². The summed E-state index contributed by atoms with van der Waals surface area (Å²) in [5.41, 5.74) is 0. The van der Waals surface area contributed by atoms with Crippen molar-refractivity contribution < 1.29 is 12.8 Å². The number of nitrogens with zero attached hydrogens (tertiary/aromatic N) is 1. The van der Waals surface area contributed by atoms with Crippen LogP contribution in [0.15, 0.2) is 20.0 Å². The average molecular weight is 379 g/mol. The predicted molar refractivity (Wildman–Crippen MR) is 85.6 cm³/mol. The second kappa shape index (κ2) is 7.26. The summed E-state index contributed by atoms with van der Waals surface area (Å²) in [5.74, 6) is 0.632. The highest BCUT2D eigenvalue weighted by Gasteiger charge is 2.35. The van der Waals surface area contributed by atoms with Crippen molar-refractivity contribution in [3.63, 3.8) is 0 Å². The topological polar surface area (TPSA) is 62.6 Å². The minimum Gasteiger partial charge on any atom is -0.452 e. The van der Waals surface area contributed by atoms with Crippen LogP contribution >= 0.6 is 15.9 Å². The van der Waals surface area contributed by atoms with Crippen LogP contribution < -0.4 is 5.32 Å². The third-order valence-corrected chi connectivity index (χ3v) is 6.70. The molecule has 7 heteroatoms. The highest BCUT2D eigenvalue weighted by Crippen LogP contribution is 2.32. The third-order valence-electron chi connectivity index (χ3n) is 3.89. The van der Waals surface area contributed by atoms with Crippen molar-refractivity contribution in [2.24, 2.45) is 0 Å². The van der Waals surface area contributed by atoms with Crippen LogP contribution in [0.5, 0.6) is 0 Å². The maximum absolute atomic E-state index is 12.9. The van der Waals surface area contributed by atoms with E-state index < -0.39 is 10.0 Å². The Morgan fingerprint density at radius 1 is 1.43 bits per heavy atom. The molecule has 2 rings (SSSR count). The molecular weight excluding hydrogens is 356 g/mol. The van der Waals surface area contributed by atoms with Crippen LogP contribution in [-0.4, -0.2) is 31.9 Å². The van der Waals surface area contributed by atoms with E-state index in [0.29, 0.717) is 23.5 Å². The lowest BCUT2D eigenvalue weighted by molar-refractivity contribution is 0.246. The number of halogens is 1. The molecule has 0 radical (unpaired) electrons. The SMILES string of the molecule is CCNCc1cc(S(=O)(=O)N2CCCCC2CC)c(Br)o1. The molecule has 1 fully saturated rings. The summed E-state index contributed by atoms with van der Waals surface area (Å²) in [7, 11) is -3.49. The molecule has 1 unspecified atom stereocenters. The highest BCUT2D eigenvalue weighted by molar-refractivity contribution is 9.10. The van der Waals surface area contributed by atoms with E-state index in [1.807, 2.05) is 13.8 Å². The molecule has 0 saturated carbocycles. The quantitative estimate of drug-likeness (QED) is 0.825. The lowest BCUT2D eigenvalue weighted by atomic mass is 10.0. The van der Waals surface area contributed by atoms with Gasteiger partial charge < -0.3 is 9.73 Å². The number of piperidine rings is 1. The first-order chi connectivity index (χ1) is 10.0. The van der Waals surface area contributed by atoms with Gasteiger partial charge in [-0.2, -0.15) is 4.31 Å². The fourth-order valence-corrected chi connectivity index (χ4v) is 5.46. The molecule has 2 heterocycles. The first-order valence-electron chi connectivity index (χ1n) is 7.51. The van der Waals surface area contributed by atoms with Gasteiger partial charge in [0.05, 0.1) is 6.54 Å². The lowest BCUT2D eigenvalue weighted by Crippen LogP contribution is -2.43. The van der Waals surface area contributed by atoms with Crippen LogP contribution in [0.1, 0.15) is 45.3 Å². The van der Waals surface area contributed by atoms with Crippen LogP contribution in [0.4, 0.5) is 0 Å². The zero-order valence-electron chi connectivity index (χ0n) is 12.6. The molecule has 1 aliphatic heterocycles. The summed E-state index contributed by atoms with van der Waals surface area (Å²) < 4.78 is 33.2. The van der Waals surface area contributed by atoms with Crippen LogP contribution in [0.2, 0.25) is 0 Å². The summed E-state index contributed by atoms with van der Waals surface area (Å²) in [6, 6.07) is 1.73. The molecule has 0 aromatic carbocycles. The number of nitrogens with one attached hydrogen (secondary N) is 1. The molecule has 0 spiro atoms. The second-order valence-electron chi connectivity index (χ2n) is 5.30. The van der Waals surface area contributed by atoms with Gasteiger partial charge in [-0.1, -0.05) is 20.3 Å². The molecule has 5 nitrogen and oxygen atoms in total. The van der Waals surface area contributed by atoms with Gasteiger partial charge in [0.1, 0.15) is 10.7 Å². The Kier molecular flexibility index (Phi) is 5.88. The summed E-state index contributed by atoms with van der Waals surface area (Å²) in [4.78, 5) is 0.246. The van der Waals surface area contributed by atoms with Crippen molar-refractivity contribution >= 4 is 26.0 Å². The Labute approximate surface area is 135 Å². The van der Waals surface area contributed by atoms with E-state index in [1.54, 1.807) is 10.4 Å². The Morgan fingerprint density at radius 3 is 2.86 bits per heavy atom. The van der Waals surface area contributed by atoms with Gasteiger partial charge in [0, 0.05) is 18.7 Å². The smallest absolute Gasteiger partial charge is 0.247 e. The molecule has 21 heavy (non-hydrogen) atoms. The highest BCUT2D eigenvalue weighted by atomic mass is 79.9. The van der Waals surface area contributed by atoms with E-state index in [4.69, 9.17) is 4.42 Å². The van der Waals surface area contributed by atoms with Gasteiger partial charge in [0.15, 0.2) is 4.67 Å². The lowest BCUT2D eigenvalue weighted by Gasteiger charge is -2.33. The molecule has 1 aromatic heterocycles. The van der Waals surface area contributed by atoms with Gasteiger partial charge in [0.25, 0.3) is 0 Å². The molecule has 0 aliphatic carbocycles. The van der Waals surface area contributed by atoms with E-state index in [9.17, 15) is 8.42 Å². The van der Waals surface area contributed by atoms with Crippen molar-refractivity contribution in [3.8, 4) is 0 Å². The zero-order valence-corrected chi connectivity index (χ0v) is 15.0. The zero-order chi connectivity index (χ0) is 15.5. The number of hydrogen-bond donors (Lipinski definition) is 1. The first-order valence-corrected chi connectivity index (χ1v) is 9.74. The maximum Gasteiger partial charge on any atom is 0.247 e. The average Bonchev–Trinajstić information content (AvgIpc) is 2.86. The summed E-state index contributed by atoms with van der Waals surface area (Å²) >= 11 is 3.25. The van der Waals surface area contributed by atoms with Crippen LogP contribution in [0.25, 0.3) is 0 Å². The number of rotatable bonds is 6. The minimum atomic E-state index is -3.49. The maximum atomic E-state index is 12.9. The van der Waals surface area contributed by atoms with Gasteiger partial charge in [-0.15, -0.1) is 0 Å². The Hall–Kier alpha value is -0.370. The van der Waals surface area contributed by atoms with Crippen LogP contribution in [0, 0.1) is 0 Å². The molecule has 1 aliphatic rings. The van der Waals surface area contributed by atoms with Gasteiger partial charge >= 0.3 is 0 Å². The Balaban J connectivity index is 2.28. The molecule has 1 aromatic rings. The monoisotopic (exact) mass is 378 g/mol. The third kappa shape index (κ3) is 3.70. The van der Waals surface area contributed by atoms with Gasteiger partial charge in [-0.3, -0.25) is 0 Å². The molecule has 0 amide bonds. The second-order valence-corrected chi connectivity index (χ2v) is 7.88. The minimum absolute atomic E-state index is 0.0998. The van der Waals surface area contributed by atoms with Gasteiger partial charge in [-0.25, -0.2) is 8.42 Å². The van der Waals surface area contributed by atoms with E-state index >= 15 is 0 Å². The van der Waals surface area contributed by atoms with E-state index in [0.717, 1.165) is 32.2 Å². The Morgan fingerprint density at radius 2 is 2.19 bits per heavy atom. The molecule has 1 atom stereocenters. The largest absolute Gasteiger partial charge is 0.452 e. The van der Waals surface area contributed by atoms with Crippen molar-refractivity contribution in [1.82, 2.24) is 9.62 Å². The summed E-state index contributed by atoms with van der Waals surface area (Å²) in [6.07, 6.45) is 3.81. The summed E-state index contributed by atoms with van der Waals surface area (Å²) in [5, 5.41) is 3.13. The molecule has 1 N–H and O–H groups in total. The van der Waals surface area contributed by atoms with Gasteiger partial charge in [-0.05, 0) is 41.7 Å². The Bertz CT molecular complexity index is 571. The number of sulfonamides is 1. The predicted octanol–water partition coefficient (Wildman–Crippen LogP) is 3.10. The molecule has 1 saturated heterocycles. The van der Waals surface area contributed by atoms with Crippen molar-refractivity contribution in [1.29, 1.82) is 0 Å².